The van der Waals surface area contributed by atoms with Crippen LogP contribution in [-0.4, -0.2) is 12.5 Å². The van der Waals surface area contributed by atoms with Gasteiger partial charge in [0.25, 0.3) is 5.91 Å². The molecule has 2 heteroatoms. The average molecular weight is 239 g/mol. The van der Waals surface area contributed by atoms with E-state index in [9.17, 15) is 4.79 Å². The summed E-state index contributed by atoms with van der Waals surface area (Å²) in [4.78, 5) is 12.0. The molecule has 1 N–H and O–H groups in total. The lowest BCUT2D eigenvalue weighted by Crippen LogP contribution is -2.32. The number of carbonyl (C=O) groups excluding carboxylic acids is 1. The molecule has 0 atom stereocenters. The molecule has 92 valence electrons. The minimum Gasteiger partial charge on any atom is -0.352 e. The Bertz CT molecular complexity index is 572. The van der Waals surface area contributed by atoms with Gasteiger partial charge in [0, 0.05) is 12.1 Å². The maximum atomic E-state index is 12.0. The molecule has 0 heterocycles. The summed E-state index contributed by atoms with van der Waals surface area (Å²) in [5, 5.41) is 5.32. The second-order valence-electron chi connectivity index (χ2n) is 5.07. The lowest BCUT2D eigenvalue weighted by atomic mass is 9.85. The molecule has 0 radical (unpaired) electrons. The van der Waals surface area contributed by atoms with Crippen molar-refractivity contribution in [2.75, 3.05) is 6.54 Å². The fraction of sp³-hybridized carbons (Fsp3) is 0.312. The second-order valence-corrected chi connectivity index (χ2v) is 5.07. The number of hydrogen-bond donors (Lipinski definition) is 1. The van der Waals surface area contributed by atoms with Crippen LogP contribution in [0.2, 0.25) is 0 Å². The van der Waals surface area contributed by atoms with Gasteiger partial charge in [0.05, 0.1) is 0 Å². The molecule has 0 aliphatic heterocycles. The molecule has 0 spiro atoms. The monoisotopic (exact) mass is 239 g/mol. The van der Waals surface area contributed by atoms with Gasteiger partial charge in [-0.25, -0.2) is 0 Å². The Kier molecular flexibility index (Phi) is 3.01. The molecule has 0 unspecified atom stereocenters. The highest BCUT2D eigenvalue weighted by molar-refractivity contribution is 5.98. The molecule has 1 fully saturated rings. The summed E-state index contributed by atoms with van der Waals surface area (Å²) in [6.45, 7) is 0.825. The molecule has 1 amide bonds. The van der Waals surface area contributed by atoms with Crippen LogP contribution in [0.5, 0.6) is 0 Å². The van der Waals surface area contributed by atoms with Crippen LogP contribution in [0.15, 0.2) is 42.5 Å². The number of benzene rings is 2. The fourth-order valence-corrected chi connectivity index (χ4v) is 2.37. The Morgan fingerprint density at radius 1 is 1.11 bits per heavy atom. The summed E-state index contributed by atoms with van der Waals surface area (Å²) in [7, 11) is 0. The molecule has 1 aliphatic rings. The van der Waals surface area contributed by atoms with E-state index in [2.05, 4.69) is 11.4 Å². The third-order valence-corrected chi connectivity index (χ3v) is 3.79. The minimum absolute atomic E-state index is 0.0488. The van der Waals surface area contributed by atoms with Crippen LogP contribution in [0.25, 0.3) is 10.8 Å². The van der Waals surface area contributed by atoms with Crippen LogP contribution >= 0.6 is 0 Å². The van der Waals surface area contributed by atoms with E-state index < -0.39 is 0 Å². The number of nitrogens with one attached hydrogen (secondary N) is 1. The molecule has 3 rings (SSSR count). The van der Waals surface area contributed by atoms with Gasteiger partial charge < -0.3 is 5.32 Å². The van der Waals surface area contributed by atoms with Crippen molar-refractivity contribution in [1.29, 1.82) is 0 Å². The van der Waals surface area contributed by atoms with Gasteiger partial charge in [-0.05, 0) is 41.7 Å². The Hall–Kier alpha value is -1.83. The van der Waals surface area contributed by atoms with E-state index in [4.69, 9.17) is 0 Å². The van der Waals surface area contributed by atoms with Gasteiger partial charge >= 0.3 is 0 Å². The third-order valence-electron chi connectivity index (χ3n) is 3.79. The van der Waals surface area contributed by atoms with E-state index >= 15 is 0 Å². The quantitative estimate of drug-likeness (QED) is 0.874. The number of carbonyl (C=O) groups is 1. The van der Waals surface area contributed by atoms with Gasteiger partial charge in [-0.2, -0.15) is 0 Å². The van der Waals surface area contributed by atoms with E-state index in [1.165, 1.54) is 24.6 Å². The highest BCUT2D eigenvalue weighted by atomic mass is 16.1. The molecule has 2 nitrogen and oxygen atoms in total. The van der Waals surface area contributed by atoms with Gasteiger partial charge in [-0.1, -0.05) is 36.8 Å². The number of fused-ring (bicyclic) bond motifs is 1. The van der Waals surface area contributed by atoms with E-state index in [0.29, 0.717) is 5.92 Å². The van der Waals surface area contributed by atoms with Crippen LogP contribution in [0.3, 0.4) is 0 Å². The summed E-state index contributed by atoms with van der Waals surface area (Å²) < 4.78 is 0. The summed E-state index contributed by atoms with van der Waals surface area (Å²) in [5.74, 6) is 0.752. The fourth-order valence-electron chi connectivity index (χ4n) is 2.37. The smallest absolute Gasteiger partial charge is 0.251 e. The Morgan fingerprint density at radius 3 is 2.61 bits per heavy atom. The maximum absolute atomic E-state index is 12.0. The van der Waals surface area contributed by atoms with Crippen molar-refractivity contribution in [2.24, 2.45) is 5.92 Å². The Labute approximate surface area is 107 Å². The minimum atomic E-state index is 0.0488. The van der Waals surface area contributed by atoms with Gasteiger partial charge in [0.15, 0.2) is 0 Å². The van der Waals surface area contributed by atoms with Crippen LogP contribution in [0, 0.1) is 5.92 Å². The van der Waals surface area contributed by atoms with Crippen LogP contribution in [0.1, 0.15) is 29.6 Å². The first-order chi connectivity index (χ1) is 8.83. The molecular weight excluding hydrogens is 222 g/mol. The topological polar surface area (TPSA) is 29.1 Å². The lowest BCUT2D eigenvalue weighted by molar-refractivity contribution is 0.0939. The molecule has 0 bridgehead atoms. The van der Waals surface area contributed by atoms with Crippen molar-refractivity contribution in [3.63, 3.8) is 0 Å². The first kappa shape index (κ1) is 11.3. The van der Waals surface area contributed by atoms with Crippen LogP contribution < -0.4 is 5.32 Å². The standard InChI is InChI=1S/C16H17NO/c18-16(17-11-12-4-3-5-12)15-9-8-13-6-1-2-7-14(13)10-15/h1-2,6-10,12H,3-5,11H2,(H,17,18). The first-order valence-corrected chi connectivity index (χ1v) is 6.60. The van der Waals surface area contributed by atoms with E-state index in [-0.39, 0.29) is 5.91 Å². The van der Waals surface area contributed by atoms with Crippen molar-refractivity contribution >= 4 is 16.7 Å². The molecular formula is C16H17NO. The van der Waals surface area contributed by atoms with Gasteiger partial charge in [0.1, 0.15) is 0 Å². The zero-order valence-corrected chi connectivity index (χ0v) is 10.4. The van der Waals surface area contributed by atoms with Crippen molar-refractivity contribution in [1.82, 2.24) is 5.32 Å². The highest BCUT2D eigenvalue weighted by Gasteiger charge is 2.18. The predicted octanol–water partition coefficient (Wildman–Crippen LogP) is 3.37. The summed E-state index contributed by atoms with van der Waals surface area (Å²) >= 11 is 0. The highest BCUT2D eigenvalue weighted by Crippen LogP contribution is 2.25. The average Bonchev–Trinajstić information content (AvgIpc) is 2.36. The molecule has 1 aliphatic carbocycles. The molecule has 0 aromatic heterocycles. The zero-order valence-electron chi connectivity index (χ0n) is 10.4. The molecule has 0 saturated heterocycles. The number of hydrogen-bond acceptors (Lipinski definition) is 1. The summed E-state index contributed by atoms with van der Waals surface area (Å²) in [6, 6.07) is 14.0. The van der Waals surface area contributed by atoms with E-state index in [0.717, 1.165) is 17.5 Å². The van der Waals surface area contributed by atoms with E-state index in [1.54, 1.807) is 0 Å². The van der Waals surface area contributed by atoms with Crippen molar-refractivity contribution in [3.05, 3.63) is 48.0 Å². The second kappa shape index (κ2) is 4.81. The van der Waals surface area contributed by atoms with Crippen molar-refractivity contribution < 1.29 is 4.79 Å². The molecule has 18 heavy (non-hydrogen) atoms. The van der Waals surface area contributed by atoms with Gasteiger partial charge in [-0.3, -0.25) is 4.79 Å². The predicted molar refractivity (Wildman–Crippen MR) is 73.6 cm³/mol. The SMILES string of the molecule is O=C(NCC1CCC1)c1ccc2ccccc2c1. The van der Waals surface area contributed by atoms with Crippen LogP contribution in [0.4, 0.5) is 0 Å². The Morgan fingerprint density at radius 2 is 1.89 bits per heavy atom. The normalized spacial score (nSPS) is 15.3. The molecule has 1 saturated carbocycles. The van der Waals surface area contributed by atoms with Crippen molar-refractivity contribution in [2.45, 2.75) is 19.3 Å². The Balaban J connectivity index is 1.74. The van der Waals surface area contributed by atoms with Crippen LogP contribution in [-0.2, 0) is 0 Å². The summed E-state index contributed by atoms with van der Waals surface area (Å²) in [5.41, 5.74) is 0.757. The zero-order chi connectivity index (χ0) is 12.4. The number of amides is 1. The van der Waals surface area contributed by atoms with Crippen molar-refractivity contribution in [3.8, 4) is 0 Å². The van der Waals surface area contributed by atoms with E-state index in [1.807, 2.05) is 36.4 Å². The number of rotatable bonds is 3. The third kappa shape index (κ3) is 2.23. The molecule has 2 aromatic carbocycles. The molecule has 2 aromatic rings. The van der Waals surface area contributed by atoms with Gasteiger partial charge in [-0.15, -0.1) is 0 Å². The maximum Gasteiger partial charge on any atom is 0.251 e. The van der Waals surface area contributed by atoms with Gasteiger partial charge in [0.2, 0.25) is 0 Å². The largest absolute Gasteiger partial charge is 0.352 e. The first-order valence-electron chi connectivity index (χ1n) is 6.60. The lowest BCUT2D eigenvalue weighted by Gasteiger charge is -2.25. The summed E-state index contributed by atoms with van der Waals surface area (Å²) in [6.07, 6.45) is 3.84.